The van der Waals surface area contributed by atoms with Crippen molar-refractivity contribution in [3.8, 4) is 0 Å². The molecule has 0 aromatic heterocycles. The van der Waals surface area contributed by atoms with Gasteiger partial charge in [0, 0.05) is 0 Å². The Morgan fingerprint density at radius 1 is 1.12 bits per heavy atom. The van der Waals surface area contributed by atoms with Crippen molar-refractivity contribution >= 4 is 9.24 Å². The van der Waals surface area contributed by atoms with Gasteiger partial charge in [0.25, 0.3) is 0 Å². The van der Waals surface area contributed by atoms with Gasteiger partial charge in [-0.25, -0.2) is 0 Å². The molecule has 48 valence electrons. The molecule has 1 heteroatoms. The lowest BCUT2D eigenvalue weighted by molar-refractivity contribution is 0.393. The summed E-state index contributed by atoms with van der Waals surface area (Å²) in [5, 5.41) is 0. The Hall–Kier alpha value is 0.430. The highest BCUT2D eigenvalue weighted by Crippen LogP contribution is 2.27. The van der Waals surface area contributed by atoms with Gasteiger partial charge in [-0.05, 0) is 24.4 Å². The second kappa shape index (κ2) is 2.82. The predicted molar refractivity (Wildman–Crippen MR) is 41.1 cm³/mol. The van der Waals surface area contributed by atoms with E-state index in [2.05, 4.69) is 16.2 Å². The van der Waals surface area contributed by atoms with E-state index in [9.17, 15) is 0 Å². The first kappa shape index (κ1) is 6.55. The first-order valence-corrected chi connectivity index (χ1v) is 4.21. The molecule has 0 bridgehead atoms. The second-order valence-corrected chi connectivity index (χ2v) is 3.96. The highest BCUT2D eigenvalue weighted by molar-refractivity contribution is 7.17. The zero-order valence-corrected chi connectivity index (χ0v) is 6.72. The van der Waals surface area contributed by atoms with Crippen LogP contribution in [0.5, 0.6) is 0 Å². The molecule has 0 amide bonds. The summed E-state index contributed by atoms with van der Waals surface area (Å²) in [4.78, 5) is 0. The third kappa shape index (κ3) is 1.74. The molecular weight excluding hydrogens is 115 g/mol. The first-order chi connectivity index (χ1) is 3.79. The van der Waals surface area contributed by atoms with Crippen molar-refractivity contribution in [1.29, 1.82) is 0 Å². The first-order valence-electron chi connectivity index (χ1n) is 3.54. The minimum atomic E-state index is 0.936. The molecule has 1 unspecified atom stereocenters. The molecule has 1 fully saturated rings. The van der Waals surface area contributed by atoms with Crippen molar-refractivity contribution in [2.45, 2.75) is 38.3 Å². The van der Waals surface area contributed by atoms with Crippen LogP contribution < -0.4 is 0 Å². The van der Waals surface area contributed by atoms with E-state index in [1.165, 1.54) is 25.7 Å². The topological polar surface area (TPSA) is 0 Å². The van der Waals surface area contributed by atoms with Gasteiger partial charge in [-0.3, -0.25) is 0 Å². The fourth-order valence-electron chi connectivity index (χ4n) is 1.29. The maximum absolute atomic E-state index is 2.92. The largest absolute Gasteiger partial charge is 0.134 e. The molecule has 1 saturated carbocycles. The van der Waals surface area contributed by atoms with Gasteiger partial charge in [0.15, 0.2) is 0 Å². The molecule has 0 radical (unpaired) electrons. The SMILES string of the molecule is CC1CCC(P)CC1. The smallest absolute Gasteiger partial charge is 0.0264 e. The molecule has 0 spiro atoms. The van der Waals surface area contributed by atoms with Gasteiger partial charge in [0.2, 0.25) is 0 Å². The van der Waals surface area contributed by atoms with E-state index in [1.54, 1.807) is 0 Å². The Morgan fingerprint density at radius 2 is 1.62 bits per heavy atom. The second-order valence-electron chi connectivity index (χ2n) is 3.02. The van der Waals surface area contributed by atoms with Gasteiger partial charge in [0.05, 0.1) is 0 Å². The van der Waals surface area contributed by atoms with E-state index in [4.69, 9.17) is 0 Å². The zero-order valence-electron chi connectivity index (χ0n) is 5.56. The monoisotopic (exact) mass is 130 g/mol. The van der Waals surface area contributed by atoms with Crippen LogP contribution in [0, 0.1) is 5.92 Å². The lowest BCUT2D eigenvalue weighted by atomic mass is 9.91. The molecular formula is C7H15P. The molecule has 1 aliphatic carbocycles. The van der Waals surface area contributed by atoms with Crippen LogP contribution in [0.1, 0.15) is 32.6 Å². The van der Waals surface area contributed by atoms with E-state index in [1.807, 2.05) is 0 Å². The Morgan fingerprint density at radius 3 is 2.00 bits per heavy atom. The third-order valence-corrected chi connectivity index (χ3v) is 2.73. The van der Waals surface area contributed by atoms with E-state index in [0.29, 0.717) is 0 Å². The summed E-state index contributed by atoms with van der Waals surface area (Å²) >= 11 is 0. The molecule has 1 rings (SSSR count). The number of hydrogen-bond acceptors (Lipinski definition) is 0. The fraction of sp³-hybridized carbons (Fsp3) is 1.00. The fourth-order valence-corrected chi connectivity index (χ4v) is 1.67. The Balaban J connectivity index is 2.19. The standard InChI is InChI=1S/C7H15P/c1-6-2-4-7(8)5-3-6/h6-7H,2-5,8H2,1H3. The van der Waals surface area contributed by atoms with E-state index < -0.39 is 0 Å². The minimum Gasteiger partial charge on any atom is -0.134 e. The van der Waals surface area contributed by atoms with Crippen LogP contribution in [0.25, 0.3) is 0 Å². The lowest BCUT2D eigenvalue weighted by Gasteiger charge is -2.22. The Kier molecular flexibility index (Phi) is 2.31. The molecule has 0 saturated heterocycles. The van der Waals surface area contributed by atoms with Gasteiger partial charge >= 0.3 is 0 Å². The Bertz CT molecular complexity index is 52.8. The average Bonchev–Trinajstić information content (AvgIpc) is 1.77. The summed E-state index contributed by atoms with van der Waals surface area (Å²) in [7, 11) is 2.92. The quantitative estimate of drug-likeness (QED) is 0.442. The summed E-state index contributed by atoms with van der Waals surface area (Å²) in [6.07, 6.45) is 5.78. The van der Waals surface area contributed by atoms with Crippen molar-refractivity contribution in [2.75, 3.05) is 0 Å². The van der Waals surface area contributed by atoms with Crippen LogP contribution >= 0.6 is 9.24 Å². The van der Waals surface area contributed by atoms with Gasteiger partial charge in [-0.1, -0.05) is 19.8 Å². The predicted octanol–water partition coefficient (Wildman–Crippen LogP) is 2.44. The zero-order chi connectivity index (χ0) is 5.98. The molecule has 1 aliphatic rings. The van der Waals surface area contributed by atoms with Crippen molar-refractivity contribution < 1.29 is 0 Å². The van der Waals surface area contributed by atoms with E-state index in [-0.39, 0.29) is 0 Å². The van der Waals surface area contributed by atoms with Crippen LogP contribution in [0.15, 0.2) is 0 Å². The maximum atomic E-state index is 2.92. The van der Waals surface area contributed by atoms with Gasteiger partial charge < -0.3 is 0 Å². The lowest BCUT2D eigenvalue weighted by Crippen LogP contribution is -2.10. The van der Waals surface area contributed by atoms with E-state index in [0.717, 1.165) is 11.6 Å². The van der Waals surface area contributed by atoms with Crippen LogP contribution in [0.2, 0.25) is 0 Å². The van der Waals surface area contributed by atoms with Gasteiger partial charge in [-0.2, -0.15) is 0 Å². The molecule has 0 N–H and O–H groups in total. The summed E-state index contributed by atoms with van der Waals surface area (Å²) in [6, 6.07) is 0. The summed E-state index contributed by atoms with van der Waals surface area (Å²) < 4.78 is 0. The highest BCUT2D eigenvalue weighted by Gasteiger charge is 2.13. The van der Waals surface area contributed by atoms with Crippen molar-refractivity contribution in [2.24, 2.45) is 5.92 Å². The number of hydrogen-bond donors (Lipinski definition) is 0. The molecule has 0 heterocycles. The minimum absolute atomic E-state index is 0.936. The number of rotatable bonds is 0. The van der Waals surface area contributed by atoms with Crippen LogP contribution in [-0.2, 0) is 0 Å². The summed E-state index contributed by atoms with van der Waals surface area (Å²) in [5.41, 5.74) is 0.936. The molecule has 1 atom stereocenters. The summed E-state index contributed by atoms with van der Waals surface area (Å²) in [5.74, 6) is 1.01. The summed E-state index contributed by atoms with van der Waals surface area (Å²) in [6.45, 7) is 2.36. The van der Waals surface area contributed by atoms with E-state index >= 15 is 0 Å². The molecule has 0 aliphatic heterocycles. The van der Waals surface area contributed by atoms with Gasteiger partial charge in [0.1, 0.15) is 0 Å². The average molecular weight is 130 g/mol. The van der Waals surface area contributed by atoms with Crippen molar-refractivity contribution in [3.05, 3.63) is 0 Å². The molecule has 0 aromatic carbocycles. The molecule has 8 heavy (non-hydrogen) atoms. The third-order valence-electron chi connectivity index (χ3n) is 2.06. The van der Waals surface area contributed by atoms with Crippen molar-refractivity contribution in [1.82, 2.24) is 0 Å². The Labute approximate surface area is 54.3 Å². The maximum Gasteiger partial charge on any atom is -0.0264 e. The van der Waals surface area contributed by atoms with Crippen LogP contribution in [0.4, 0.5) is 0 Å². The highest BCUT2D eigenvalue weighted by atomic mass is 31.0. The van der Waals surface area contributed by atoms with Crippen LogP contribution in [0.3, 0.4) is 0 Å². The van der Waals surface area contributed by atoms with Gasteiger partial charge in [-0.15, -0.1) is 9.24 Å². The van der Waals surface area contributed by atoms with Crippen molar-refractivity contribution in [3.63, 3.8) is 0 Å². The van der Waals surface area contributed by atoms with Crippen LogP contribution in [-0.4, -0.2) is 5.66 Å². The normalized spacial score (nSPS) is 39.8. The molecule has 0 aromatic rings. The molecule has 0 nitrogen and oxygen atoms in total.